The van der Waals surface area contributed by atoms with Gasteiger partial charge in [-0.15, -0.1) is 0 Å². The highest BCUT2D eigenvalue weighted by Gasteiger charge is 2.21. The van der Waals surface area contributed by atoms with Crippen LogP contribution >= 0.6 is 0 Å². The minimum Gasteiger partial charge on any atom is -0.439 e. The second-order valence-corrected chi connectivity index (χ2v) is 8.80. The van der Waals surface area contributed by atoms with E-state index in [0.717, 1.165) is 35.1 Å². The standard InChI is InChI=1S/C23H24N6O3/c1-23(2,3)19-11-20(28-32-19)27-22(30)29-9-7-14-10-15(4-5-18(14)29)31-21-16-12-24-8-6-17(16)25-13-26-21/h4-5,7,9-11,13,24H,6,8,12H2,1-3H3,(H,27,28,30). The number of aromatic nitrogens is 4. The van der Waals surface area contributed by atoms with Gasteiger partial charge in [0.1, 0.15) is 17.8 Å². The highest BCUT2D eigenvalue weighted by Crippen LogP contribution is 2.29. The fraction of sp³-hybridized carbons (Fsp3) is 0.304. The predicted octanol–water partition coefficient (Wildman–Crippen LogP) is 4.24. The molecule has 9 nitrogen and oxygen atoms in total. The first-order chi connectivity index (χ1) is 15.4. The second-order valence-electron chi connectivity index (χ2n) is 8.80. The molecule has 0 radical (unpaired) electrons. The maximum absolute atomic E-state index is 12.8. The predicted molar refractivity (Wildman–Crippen MR) is 119 cm³/mol. The van der Waals surface area contributed by atoms with Gasteiger partial charge in [-0.2, -0.15) is 0 Å². The Labute approximate surface area is 184 Å². The molecule has 1 aliphatic heterocycles. The van der Waals surface area contributed by atoms with Crippen LogP contribution < -0.4 is 15.4 Å². The zero-order valence-electron chi connectivity index (χ0n) is 18.2. The Hall–Kier alpha value is -3.72. The summed E-state index contributed by atoms with van der Waals surface area (Å²) >= 11 is 0. The maximum Gasteiger partial charge on any atom is 0.331 e. The Bertz CT molecular complexity index is 1300. The van der Waals surface area contributed by atoms with Crippen LogP contribution in [0, 0.1) is 0 Å². The molecule has 4 aromatic rings. The summed E-state index contributed by atoms with van der Waals surface area (Å²) in [6, 6.07) is 8.84. The largest absolute Gasteiger partial charge is 0.439 e. The molecule has 3 aromatic heterocycles. The van der Waals surface area contributed by atoms with Gasteiger partial charge >= 0.3 is 6.03 Å². The van der Waals surface area contributed by atoms with Crippen molar-refractivity contribution in [1.29, 1.82) is 0 Å². The minimum absolute atomic E-state index is 0.189. The molecule has 4 heterocycles. The monoisotopic (exact) mass is 432 g/mol. The van der Waals surface area contributed by atoms with E-state index in [9.17, 15) is 4.79 Å². The van der Waals surface area contributed by atoms with E-state index in [1.54, 1.807) is 12.3 Å². The van der Waals surface area contributed by atoms with Crippen molar-refractivity contribution in [3.8, 4) is 11.6 Å². The van der Waals surface area contributed by atoms with E-state index in [4.69, 9.17) is 9.26 Å². The van der Waals surface area contributed by atoms with Crippen LogP contribution in [-0.2, 0) is 18.4 Å². The SMILES string of the molecule is CC(C)(C)c1cc(NC(=O)n2ccc3cc(Oc4ncnc5c4CNCC5)ccc32)no1. The van der Waals surface area contributed by atoms with Gasteiger partial charge in [-0.25, -0.2) is 14.8 Å². The molecule has 1 aromatic carbocycles. The van der Waals surface area contributed by atoms with E-state index < -0.39 is 0 Å². The lowest BCUT2D eigenvalue weighted by atomic mass is 9.93. The van der Waals surface area contributed by atoms with Gasteiger partial charge in [-0.05, 0) is 24.3 Å². The molecule has 0 fully saturated rings. The first kappa shape index (κ1) is 20.2. The number of carbonyl (C=O) groups excluding carboxylic acids is 1. The Morgan fingerprint density at radius 3 is 2.91 bits per heavy atom. The van der Waals surface area contributed by atoms with Crippen molar-refractivity contribution in [2.75, 3.05) is 11.9 Å². The van der Waals surface area contributed by atoms with E-state index in [1.807, 2.05) is 45.0 Å². The van der Waals surface area contributed by atoms with Crippen LogP contribution in [0.25, 0.3) is 10.9 Å². The van der Waals surface area contributed by atoms with Crippen LogP contribution in [0.3, 0.4) is 0 Å². The van der Waals surface area contributed by atoms with Gasteiger partial charge in [0.05, 0.1) is 16.8 Å². The number of hydrogen-bond donors (Lipinski definition) is 2. The van der Waals surface area contributed by atoms with Crippen molar-refractivity contribution in [3.05, 3.63) is 59.9 Å². The molecule has 9 heteroatoms. The van der Waals surface area contributed by atoms with Crippen LogP contribution in [0.15, 0.2) is 47.4 Å². The fourth-order valence-electron chi connectivity index (χ4n) is 3.66. The molecule has 0 spiro atoms. The van der Waals surface area contributed by atoms with Crippen LogP contribution in [-0.4, -0.2) is 32.3 Å². The van der Waals surface area contributed by atoms with Gasteiger partial charge in [-0.3, -0.25) is 9.88 Å². The summed E-state index contributed by atoms with van der Waals surface area (Å²) in [6.45, 7) is 7.64. The summed E-state index contributed by atoms with van der Waals surface area (Å²) in [6.07, 6.45) is 4.10. The third kappa shape index (κ3) is 3.82. The zero-order chi connectivity index (χ0) is 22.3. The molecular formula is C23H24N6O3. The van der Waals surface area contributed by atoms with Crippen LogP contribution in [0.5, 0.6) is 11.6 Å². The molecule has 32 heavy (non-hydrogen) atoms. The number of amides is 1. The number of fused-ring (bicyclic) bond motifs is 2. The van der Waals surface area contributed by atoms with E-state index in [2.05, 4.69) is 25.8 Å². The summed E-state index contributed by atoms with van der Waals surface area (Å²) in [4.78, 5) is 21.5. The van der Waals surface area contributed by atoms with Gasteiger partial charge in [0.25, 0.3) is 0 Å². The Kier molecular flexibility index (Phi) is 4.90. The molecule has 164 valence electrons. The number of ether oxygens (including phenoxy) is 1. The van der Waals surface area contributed by atoms with Crippen LogP contribution in [0.1, 0.15) is 37.8 Å². The Morgan fingerprint density at radius 1 is 1.22 bits per heavy atom. The van der Waals surface area contributed by atoms with Gasteiger partial charge in [0.15, 0.2) is 5.82 Å². The van der Waals surface area contributed by atoms with Gasteiger partial charge in [-0.1, -0.05) is 25.9 Å². The van der Waals surface area contributed by atoms with E-state index in [-0.39, 0.29) is 11.4 Å². The van der Waals surface area contributed by atoms with Gasteiger partial charge in [0, 0.05) is 42.6 Å². The summed E-state index contributed by atoms with van der Waals surface area (Å²) < 4.78 is 12.9. The first-order valence-corrected chi connectivity index (χ1v) is 10.5. The third-order valence-corrected chi connectivity index (χ3v) is 5.41. The zero-order valence-corrected chi connectivity index (χ0v) is 18.2. The molecule has 0 aliphatic carbocycles. The average Bonchev–Trinajstić information content (AvgIpc) is 3.41. The van der Waals surface area contributed by atoms with Crippen LogP contribution in [0.2, 0.25) is 0 Å². The smallest absolute Gasteiger partial charge is 0.331 e. The number of benzene rings is 1. The van der Waals surface area contributed by atoms with Crippen LogP contribution in [0.4, 0.5) is 10.6 Å². The number of nitrogens with zero attached hydrogens (tertiary/aromatic N) is 4. The maximum atomic E-state index is 12.8. The Balaban J connectivity index is 1.36. The van der Waals surface area contributed by atoms with Crippen molar-refractivity contribution in [1.82, 2.24) is 25.0 Å². The van der Waals surface area contributed by atoms with Crippen molar-refractivity contribution in [2.24, 2.45) is 0 Å². The van der Waals surface area contributed by atoms with Crippen molar-refractivity contribution in [2.45, 2.75) is 39.2 Å². The highest BCUT2D eigenvalue weighted by atomic mass is 16.5. The van der Waals surface area contributed by atoms with Crippen molar-refractivity contribution >= 4 is 22.8 Å². The van der Waals surface area contributed by atoms with Gasteiger partial charge < -0.3 is 14.6 Å². The lowest BCUT2D eigenvalue weighted by molar-refractivity contribution is 0.254. The number of rotatable bonds is 3. The molecule has 1 amide bonds. The normalized spacial score (nSPS) is 13.7. The molecule has 1 aliphatic rings. The number of carbonyl (C=O) groups is 1. The van der Waals surface area contributed by atoms with E-state index in [1.165, 1.54) is 10.9 Å². The molecule has 0 bridgehead atoms. The van der Waals surface area contributed by atoms with Crippen molar-refractivity contribution in [3.63, 3.8) is 0 Å². The van der Waals surface area contributed by atoms with Crippen molar-refractivity contribution < 1.29 is 14.1 Å². The first-order valence-electron chi connectivity index (χ1n) is 10.5. The number of nitrogens with one attached hydrogen (secondary N) is 2. The lowest BCUT2D eigenvalue weighted by Gasteiger charge is -2.18. The fourth-order valence-corrected chi connectivity index (χ4v) is 3.66. The van der Waals surface area contributed by atoms with E-state index >= 15 is 0 Å². The average molecular weight is 432 g/mol. The molecule has 0 saturated carbocycles. The second kappa shape index (κ2) is 7.76. The molecule has 0 atom stereocenters. The lowest BCUT2D eigenvalue weighted by Crippen LogP contribution is -2.25. The quantitative estimate of drug-likeness (QED) is 0.499. The third-order valence-electron chi connectivity index (χ3n) is 5.41. The van der Waals surface area contributed by atoms with E-state index in [0.29, 0.717) is 29.8 Å². The number of hydrogen-bond acceptors (Lipinski definition) is 7. The van der Waals surface area contributed by atoms with Gasteiger partial charge in [0.2, 0.25) is 5.88 Å². The molecule has 5 rings (SSSR count). The molecule has 0 unspecified atom stereocenters. The summed E-state index contributed by atoms with van der Waals surface area (Å²) in [5, 5.41) is 10.9. The summed E-state index contributed by atoms with van der Waals surface area (Å²) in [7, 11) is 0. The molecule has 0 saturated heterocycles. The highest BCUT2D eigenvalue weighted by molar-refractivity contribution is 5.98. The minimum atomic E-state index is -0.321. The topological polar surface area (TPSA) is 107 Å². The number of anilines is 1. The molecule has 2 N–H and O–H groups in total. The summed E-state index contributed by atoms with van der Waals surface area (Å²) in [5.41, 5.74) is 2.56. The Morgan fingerprint density at radius 2 is 2.09 bits per heavy atom. The molecular weight excluding hydrogens is 408 g/mol. The summed E-state index contributed by atoms with van der Waals surface area (Å²) in [5.74, 6) is 2.28.